The highest BCUT2D eigenvalue weighted by Gasteiger charge is 2.09. The third-order valence-electron chi connectivity index (χ3n) is 0.929. The average Bonchev–Trinajstić information content (AvgIpc) is 2.30. The normalized spacial score (nSPS) is 12.0. The quantitative estimate of drug-likeness (QED) is 0.595. The van der Waals surface area contributed by atoms with Gasteiger partial charge >= 0.3 is 0 Å². The summed E-state index contributed by atoms with van der Waals surface area (Å²) in [6, 6.07) is 0. The maximum Gasteiger partial charge on any atom is 0.275 e. The summed E-state index contributed by atoms with van der Waals surface area (Å²) in [5.41, 5.74) is 6.55. The van der Waals surface area contributed by atoms with Gasteiger partial charge in [-0.25, -0.2) is 5.53 Å². The molecule has 0 saturated carbocycles. The molecule has 0 saturated heterocycles. The number of nitrogens with zero attached hydrogens (tertiary/aromatic N) is 6. The fourth-order valence-corrected chi connectivity index (χ4v) is 0.572. The van der Waals surface area contributed by atoms with Gasteiger partial charge in [0.2, 0.25) is 0 Å². The molecule has 2 rings (SSSR count). The second kappa shape index (κ2) is 1.59. The van der Waals surface area contributed by atoms with Crippen LogP contribution in [0.15, 0.2) is 15.3 Å². The van der Waals surface area contributed by atoms with Crippen LogP contribution in [-0.4, -0.2) is 15.0 Å². The standard InChI is InChI=1S/C3HN7/c4-8-1-5-2-7-3(6-1)10-9-2/h4H. The Labute approximate surface area is 54.8 Å². The van der Waals surface area contributed by atoms with Crippen molar-refractivity contribution in [3.63, 3.8) is 0 Å². The monoisotopic (exact) mass is 135 g/mol. The Morgan fingerprint density at radius 2 is 1.60 bits per heavy atom. The molecular formula is C3HN7. The fraction of sp³-hybridized carbons (Fsp3) is 0. The van der Waals surface area contributed by atoms with E-state index in [0.717, 1.165) is 0 Å². The van der Waals surface area contributed by atoms with E-state index in [1.54, 1.807) is 0 Å². The maximum absolute atomic E-state index is 6.55. The van der Waals surface area contributed by atoms with Crippen molar-refractivity contribution in [3.05, 3.63) is 0 Å². The van der Waals surface area contributed by atoms with Crippen LogP contribution in [-0.2, 0) is 0 Å². The molecule has 1 aromatic heterocycles. The highest BCUT2D eigenvalue weighted by molar-refractivity contribution is 5.35. The number of rotatable bonds is 1. The van der Waals surface area contributed by atoms with Gasteiger partial charge in [-0.2, -0.15) is 15.0 Å². The van der Waals surface area contributed by atoms with E-state index in [1.807, 2.05) is 0 Å². The lowest BCUT2D eigenvalue weighted by atomic mass is 10.9. The van der Waals surface area contributed by atoms with Gasteiger partial charge in [0.1, 0.15) is 0 Å². The highest BCUT2D eigenvalue weighted by atomic mass is 15.4. The van der Waals surface area contributed by atoms with E-state index >= 15 is 0 Å². The van der Waals surface area contributed by atoms with Crippen LogP contribution in [0.4, 0.5) is 17.8 Å². The molecule has 0 aromatic carbocycles. The summed E-state index contributed by atoms with van der Waals surface area (Å²) in [6.07, 6.45) is 0. The van der Waals surface area contributed by atoms with Crippen molar-refractivity contribution in [1.82, 2.24) is 15.0 Å². The van der Waals surface area contributed by atoms with E-state index in [1.165, 1.54) is 0 Å². The molecule has 0 amide bonds. The molecule has 0 atom stereocenters. The molecule has 0 aliphatic carbocycles. The van der Waals surface area contributed by atoms with Crippen LogP contribution in [0.2, 0.25) is 0 Å². The van der Waals surface area contributed by atoms with Gasteiger partial charge in [-0.1, -0.05) is 0 Å². The predicted octanol–water partition coefficient (Wildman–Crippen LogP) is 1.26. The zero-order chi connectivity index (χ0) is 6.97. The number of nitrogens with one attached hydrogen (secondary N) is 1. The van der Waals surface area contributed by atoms with Crippen molar-refractivity contribution in [2.24, 2.45) is 15.3 Å². The van der Waals surface area contributed by atoms with Crippen LogP contribution in [0.1, 0.15) is 0 Å². The lowest BCUT2D eigenvalue weighted by molar-refractivity contribution is 1.00. The van der Waals surface area contributed by atoms with Gasteiger partial charge in [-0.15, -0.1) is 15.3 Å². The van der Waals surface area contributed by atoms with E-state index in [-0.39, 0.29) is 17.8 Å². The summed E-state index contributed by atoms with van der Waals surface area (Å²) >= 11 is 0. The number of azo groups is 1. The molecule has 2 bridgehead atoms. The minimum Gasteiger partial charge on any atom is -0.201 e. The van der Waals surface area contributed by atoms with Crippen LogP contribution >= 0.6 is 0 Å². The maximum atomic E-state index is 6.55. The Morgan fingerprint density at radius 1 is 1.00 bits per heavy atom. The van der Waals surface area contributed by atoms with Crippen molar-refractivity contribution >= 4 is 17.8 Å². The van der Waals surface area contributed by atoms with Crippen LogP contribution in [0.25, 0.3) is 0 Å². The van der Waals surface area contributed by atoms with Crippen LogP contribution in [0.5, 0.6) is 0 Å². The second-order valence-electron chi connectivity index (χ2n) is 1.55. The van der Waals surface area contributed by atoms with Crippen molar-refractivity contribution < 1.29 is 0 Å². The number of fused-ring (bicyclic) bond motifs is 2. The first kappa shape index (κ1) is 5.03. The molecule has 7 heteroatoms. The average molecular weight is 135 g/mol. The summed E-state index contributed by atoms with van der Waals surface area (Å²) in [5.74, 6) is 0.483. The first-order chi connectivity index (χ1) is 4.88. The van der Waals surface area contributed by atoms with Gasteiger partial charge in [-0.3, -0.25) is 0 Å². The molecule has 0 spiro atoms. The molecule has 0 fully saturated rings. The first-order valence-corrected chi connectivity index (χ1v) is 2.44. The molecule has 1 aliphatic heterocycles. The molecule has 1 N–H and O–H groups in total. The van der Waals surface area contributed by atoms with Gasteiger partial charge in [0.15, 0.2) is 0 Å². The minimum atomic E-state index is 0.0463. The van der Waals surface area contributed by atoms with Gasteiger partial charge in [-0.05, 0) is 0 Å². The van der Waals surface area contributed by atoms with Crippen LogP contribution < -0.4 is 0 Å². The number of hydrogen-bond donors (Lipinski definition) is 1. The molecule has 1 aromatic rings. The second-order valence-corrected chi connectivity index (χ2v) is 1.55. The van der Waals surface area contributed by atoms with Crippen molar-refractivity contribution in [2.75, 3.05) is 0 Å². The van der Waals surface area contributed by atoms with E-state index in [0.29, 0.717) is 0 Å². The Balaban J connectivity index is 2.66. The number of hydrogen-bond acceptors (Lipinski definition) is 7. The largest absolute Gasteiger partial charge is 0.275 e. The minimum absolute atomic E-state index is 0.0463. The number of aromatic nitrogens is 3. The Kier molecular flexibility index (Phi) is 0.802. The summed E-state index contributed by atoms with van der Waals surface area (Å²) in [7, 11) is 0. The van der Waals surface area contributed by atoms with E-state index in [2.05, 4.69) is 30.3 Å². The van der Waals surface area contributed by atoms with Crippen molar-refractivity contribution in [1.29, 1.82) is 5.53 Å². The first-order valence-electron chi connectivity index (χ1n) is 2.44. The molecule has 48 valence electrons. The lowest BCUT2D eigenvalue weighted by Crippen LogP contribution is -1.80. The smallest absolute Gasteiger partial charge is 0.201 e. The fourth-order valence-electron chi connectivity index (χ4n) is 0.572. The lowest BCUT2D eigenvalue weighted by Gasteiger charge is -1.84. The molecular weight excluding hydrogens is 134 g/mol. The molecule has 1 aliphatic rings. The summed E-state index contributed by atoms with van der Waals surface area (Å²) in [4.78, 5) is 10.9. The van der Waals surface area contributed by atoms with Gasteiger partial charge in [0.25, 0.3) is 17.8 Å². The molecule has 2 heterocycles. The van der Waals surface area contributed by atoms with E-state index < -0.39 is 0 Å². The summed E-state index contributed by atoms with van der Waals surface area (Å²) in [5, 5.41) is 10.0. The Bertz CT molecular complexity index is 290. The molecule has 7 nitrogen and oxygen atoms in total. The van der Waals surface area contributed by atoms with E-state index in [4.69, 9.17) is 5.53 Å². The molecule has 0 radical (unpaired) electrons. The summed E-state index contributed by atoms with van der Waals surface area (Å²) < 4.78 is 0. The Morgan fingerprint density at radius 3 is 2.10 bits per heavy atom. The van der Waals surface area contributed by atoms with E-state index in [9.17, 15) is 0 Å². The summed E-state index contributed by atoms with van der Waals surface area (Å²) in [6.45, 7) is 0. The topological polar surface area (TPSA) is 99.6 Å². The SMILES string of the molecule is N=Nc1nc2nc(n1)N=N2. The van der Waals surface area contributed by atoms with Gasteiger partial charge < -0.3 is 0 Å². The molecule has 10 heavy (non-hydrogen) atoms. The zero-order valence-corrected chi connectivity index (χ0v) is 4.68. The highest BCUT2D eigenvalue weighted by Crippen LogP contribution is 2.22. The van der Waals surface area contributed by atoms with Crippen molar-refractivity contribution in [2.45, 2.75) is 0 Å². The van der Waals surface area contributed by atoms with Crippen LogP contribution in [0, 0.1) is 5.53 Å². The zero-order valence-electron chi connectivity index (χ0n) is 4.68. The van der Waals surface area contributed by atoms with Gasteiger partial charge in [0, 0.05) is 0 Å². The van der Waals surface area contributed by atoms with Crippen molar-refractivity contribution in [3.8, 4) is 0 Å². The van der Waals surface area contributed by atoms with Crippen LogP contribution in [0.3, 0.4) is 0 Å². The molecule has 0 unspecified atom stereocenters. The Hall–Kier alpha value is -1.79. The third kappa shape index (κ3) is 0.569. The predicted molar refractivity (Wildman–Crippen MR) is 28.8 cm³/mol. The van der Waals surface area contributed by atoms with Gasteiger partial charge in [0.05, 0.1) is 0 Å². The third-order valence-corrected chi connectivity index (χ3v) is 0.929.